The molecule has 1 saturated carbocycles. The van der Waals surface area contributed by atoms with Gasteiger partial charge in [0.15, 0.2) is 0 Å². The minimum atomic E-state index is -3.97. The minimum Gasteiger partial charge on any atom is -0.354 e. The van der Waals surface area contributed by atoms with Crippen molar-refractivity contribution in [2.45, 2.75) is 37.0 Å². The van der Waals surface area contributed by atoms with Crippen molar-refractivity contribution in [3.05, 3.63) is 58.6 Å². The Kier molecular flexibility index (Phi) is 7.44. The molecule has 29 heavy (non-hydrogen) atoms. The number of sulfonamides is 1. The number of hydrogen-bond donors (Lipinski definition) is 1. The molecule has 3 rings (SSSR count). The van der Waals surface area contributed by atoms with Gasteiger partial charge in [0.2, 0.25) is 5.91 Å². The highest BCUT2D eigenvalue weighted by Crippen LogP contribution is 2.27. The number of halogens is 2. The molecule has 0 spiro atoms. The van der Waals surface area contributed by atoms with Gasteiger partial charge in [-0.2, -0.15) is 0 Å². The maximum atomic E-state index is 13.3. The molecule has 0 aliphatic heterocycles. The van der Waals surface area contributed by atoms with Crippen LogP contribution in [0.3, 0.4) is 0 Å². The number of nitrogens with one attached hydrogen (secondary N) is 1. The van der Waals surface area contributed by atoms with Crippen molar-refractivity contribution in [1.29, 1.82) is 0 Å². The Bertz CT molecular complexity index is 943. The van der Waals surface area contributed by atoms with Gasteiger partial charge in [-0.3, -0.25) is 9.10 Å². The zero-order chi connectivity index (χ0) is 20.9. The highest BCUT2D eigenvalue weighted by atomic mass is 35.5. The summed E-state index contributed by atoms with van der Waals surface area (Å²) >= 11 is 12.0. The second-order valence-corrected chi connectivity index (χ2v) is 9.99. The number of benzene rings is 2. The average molecular weight is 455 g/mol. The fourth-order valence-electron chi connectivity index (χ4n) is 3.52. The molecule has 1 amide bonds. The van der Waals surface area contributed by atoms with Gasteiger partial charge in [-0.05, 0) is 61.2 Å². The molecule has 156 valence electrons. The zero-order valence-corrected chi connectivity index (χ0v) is 18.3. The highest BCUT2D eigenvalue weighted by Gasteiger charge is 2.27. The summed E-state index contributed by atoms with van der Waals surface area (Å²) in [5, 5.41) is 3.72. The fraction of sp³-hybridized carbons (Fsp3) is 0.381. The van der Waals surface area contributed by atoms with Gasteiger partial charge in [-0.1, -0.05) is 48.5 Å². The van der Waals surface area contributed by atoms with Crippen molar-refractivity contribution in [2.24, 2.45) is 5.92 Å². The Morgan fingerprint density at radius 1 is 1.00 bits per heavy atom. The summed E-state index contributed by atoms with van der Waals surface area (Å²) in [6, 6.07) is 12.3. The average Bonchev–Trinajstić information content (AvgIpc) is 2.71. The van der Waals surface area contributed by atoms with E-state index >= 15 is 0 Å². The normalized spacial score (nSPS) is 15.1. The molecule has 1 aliphatic rings. The van der Waals surface area contributed by atoms with Crippen molar-refractivity contribution in [3.63, 3.8) is 0 Å². The lowest BCUT2D eigenvalue weighted by Crippen LogP contribution is -2.42. The SMILES string of the molecule is O=C(CN(c1cccc(Cl)c1)S(=O)(=O)c1ccc(Cl)cc1)NCC1CCCCC1. The highest BCUT2D eigenvalue weighted by molar-refractivity contribution is 7.92. The molecule has 0 unspecified atom stereocenters. The van der Waals surface area contributed by atoms with Crippen molar-refractivity contribution in [1.82, 2.24) is 5.32 Å². The Labute approximate surface area is 182 Å². The third-order valence-corrected chi connectivity index (χ3v) is 7.37. The van der Waals surface area contributed by atoms with E-state index in [0.29, 0.717) is 28.2 Å². The summed E-state index contributed by atoms with van der Waals surface area (Å²) < 4.78 is 27.6. The van der Waals surface area contributed by atoms with Crippen LogP contribution in [0.1, 0.15) is 32.1 Å². The van der Waals surface area contributed by atoms with Gasteiger partial charge in [0.25, 0.3) is 10.0 Å². The van der Waals surface area contributed by atoms with Crippen LogP contribution in [0.5, 0.6) is 0 Å². The van der Waals surface area contributed by atoms with Gasteiger partial charge in [-0.15, -0.1) is 0 Å². The van der Waals surface area contributed by atoms with Gasteiger partial charge >= 0.3 is 0 Å². The van der Waals surface area contributed by atoms with Crippen LogP contribution < -0.4 is 9.62 Å². The Hall–Kier alpha value is -1.76. The van der Waals surface area contributed by atoms with E-state index in [9.17, 15) is 13.2 Å². The number of carbonyl (C=O) groups excluding carboxylic acids is 1. The number of hydrogen-bond acceptors (Lipinski definition) is 3. The van der Waals surface area contributed by atoms with Crippen LogP contribution in [0.4, 0.5) is 5.69 Å². The van der Waals surface area contributed by atoms with Crippen molar-refractivity contribution in [3.8, 4) is 0 Å². The van der Waals surface area contributed by atoms with E-state index in [1.807, 2.05) is 0 Å². The van der Waals surface area contributed by atoms with Gasteiger partial charge < -0.3 is 5.32 Å². The van der Waals surface area contributed by atoms with E-state index in [2.05, 4.69) is 5.32 Å². The van der Waals surface area contributed by atoms with E-state index in [0.717, 1.165) is 17.1 Å². The maximum absolute atomic E-state index is 13.3. The second-order valence-electron chi connectivity index (χ2n) is 7.25. The molecule has 1 fully saturated rings. The van der Waals surface area contributed by atoms with Gasteiger partial charge in [0.1, 0.15) is 6.54 Å². The van der Waals surface area contributed by atoms with Crippen molar-refractivity contribution < 1.29 is 13.2 Å². The minimum absolute atomic E-state index is 0.0574. The number of rotatable bonds is 7. The molecule has 0 atom stereocenters. The molecular formula is C21H24Cl2N2O3S. The molecule has 2 aromatic carbocycles. The topological polar surface area (TPSA) is 66.5 Å². The first-order valence-electron chi connectivity index (χ1n) is 9.67. The van der Waals surface area contributed by atoms with E-state index in [1.54, 1.807) is 18.2 Å². The zero-order valence-electron chi connectivity index (χ0n) is 16.0. The lowest BCUT2D eigenvalue weighted by molar-refractivity contribution is -0.119. The summed E-state index contributed by atoms with van der Waals surface area (Å²) in [5.41, 5.74) is 0.334. The van der Waals surface area contributed by atoms with Crippen LogP contribution in [0.2, 0.25) is 10.0 Å². The van der Waals surface area contributed by atoms with Crippen LogP contribution in [0.25, 0.3) is 0 Å². The standard InChI is InChI=1S/C21H24Cl2N2O3S/c22-17-9-11-20(12-10-17)29(27,28)25(19-8-4-7-18(23)13-19)15-21(26)24-14-16-5-2-1-3-6-16/h4,7-13,16H,1-3,5-6,14-15H2,(H,24,26). The monoisotopic (exact) mass is 454 g/mol. The molecule has 0 radical (unpaired) electrons. The molecule has 0 bridgehead atoms. The molecule has 2 aromatic rings. The van der Waals surface area contributed by atoms with Crippen LogP contribution in [-0.4, -0.2) is 27.4 Å². The summed E-state index contributed by atoms with van der Waals surface area (Å²) in [4.78, 5) is 12.7. The summed E-state index contributed by atoms with van der Waals surface area (Å²) in [5.74, 6) is 0.119. The lowest BCUT2D eigenvalue weighted by Gasteiger charge is -2.26. The predicted molar refractivity (Wildman–Crippen MR) is 117 cm³/mol. The van der Waals surface area contributed by atoms with Crippen LogP contribution >= 0.6 is 23.2 Å². The first kappa shape index (κ1) is 21.9. The first-order valence-corrected chi connectivity index (χ1v) is 11.9. The molecule has 5 nitrogen and oxygen atoms in total. The van der Waals surface area contributed by atoms with Crippen LogP contribution in [0.15, 0.2) is 53.4 Å². The number of carbonyl (C=O) groups is 1. The quantitative estimate of drug-likeness (QED) is 0.647. The van der Waals surface area contributed by atoms with Gasteiger partial charge in [0.05, 0.1) is 10.6 Å². The van der Waals surface area contributed by atoms with E-state index < -0.39 is 10.0 Å². The van der Waals surface area contributed by atoms with E-state index in [4.69, 9.17) is 23.2 Å². The van der Waals surface area contributed by atoms with E-state index in [-0.39, 0.29) is 17.3 Å². The fourth-order valence-corrected chi connectivity index (χ4v) is 5.24. The maximum Gasteiger partial charge on any atom is 0.264 e. The molecule has 0 heterocycles. The molecule has 0 aromatic heterocycles. The number of anilines is 1. The molecular weight excluding hydrogens is 431 g/mol. The summed E-state index contributed by atoms with van der Waals surface area (Å²) in [6.45, 7) is 0.251. The Morgan fingerprint density at radius 2 is 1.69 bits per heavy atom. The van der Waals surface area contributed by atoms with Gasteiger partial charge in [-0.25, -0.2) is 8.42 Å². The van der Waals surface area contributed by atoms with E-state index in [1.165, 1.54) is 49.6 Å². The van der Waals surface area contributed by atoms with Crippen molar-refractivity contribution in [2.75, 3.05) is 17.4 Å². The lowest BCUT2D eigenvalue weighted by atomic mass is 9.89. The van der Waals surface area contributed by atoms with Crippen molar-refractivity contribution >= 4 is 44.8 Å². The smallest absolute Gasteiger partial charge is 0.264 e. The van der Waals surface area contributed by atoms with Crippen LogP contribution in [-0.2, 0) is 14.8 Å². The second kappa shape index (κ2) is 9.83. The third kappa shape index (κ3) is 5.87. The summed E-state index contributed by atoms with van der Waals surface area (Å²) in [6.07, 6.45) is 5.80. The first-order chi connectivity index (χ1) is 13.9. The Balaban J connectivity index is 1.81. The predicted octanol–water partition coefficient (Wildman–Crippen LogP) is 4.89. The largest absolute Gasteiger partial charge is 0.354 e. The number of nitrogens with zero attached hydrogens (tertiary/aromatic N) is 1. The van der Waals surface area contributed by atoms with Gasteiger partial charge in [0, 0.05) is 16.6 Å². The number of amides is 1. The molecule has 0 saturated heterocycles. The summed E-state index contributed by atoms with van der Waals surface area (Å²) in [7, 11) is -3.97. The Morgan fingerprint density at radius 3 is 2.34 bits per heavy atom. The molecule has 8 heteroatoms. The van der Waals surface area contributed by atoms with Crippen LogP contribution in [0, 0.1) is 5.92 Å². The molecule has 1 N–H and O–H groups in total. The molecule has 1 aliphatic carbocycles. The third-order valence-electron chi connectivity index (χ3n) is 5.10.